The highest BCUT2D eigenvalue weighted by molar-refractivity contribution is 5.85. The van der Waals surface area contributed by atoms with Gasteiger partial charge in [0.15, 0.2) is 0 Å². The third kappa shape index (κ3) is 10.3. The van der Waals surface area contributed by atoms with Gasteiger partial charge < -0.3 is 20.7 Å². The normalized spacial score (nSPS) is 17.5. The van der Waals surface area contributed by atoms with Crippen LogP contribution in [0.2, 0.25) is 0 Å². The number of nitrogens with zero attached hydrogens (tertiary/aromatic N) is 1. The van der Waals surface area contributed by atoms with Gasteiger partial charge in [0.1, 0.15) is 0 Å². The molecule has 1 fully saturated rings. The van der Waals surface area contributed by atoms with E-state index in [4.69, 9.17) is 10.5 Å². The van der Waals surface area contributed by atoms with Crippen LogP contribution in [0.1, 0.15) is 32.6 Å². The van der Waals surface area contributed by atoms with E-state index in [-0.39, 0.29) is 36.8 Å². The number of nitrogens with two attached hydrogens (primary N) is 1. The number of methoxy groups -OCH3 is 1. The minimum atomic E-state index is -0.163. The number of hydrogen-bond acceptors (Lipinski definition) is 4. The molecule has 0 bridgehead atoms. The highest BCUT2D eigenvalue weighted by Gasteiger charge is 2.15. The summed E-state index contributed by atoms with van der Waals surface area (Å²) in [6.07, 6.45) is 3.81. The number of nitrogens with one attached hydrogen (secondary N) is 1. The predicted molar refractivity (Wildman–Crippen MR) is 91.4 cm³/mol. The van der Waals surface area contributed by atoms with Crippen LogP contribution in [0.3, 0.4) is 0 Å². The number of likely N-dealkylation sites (tertiary alicyclic amines) is 1. The molecule has 0 saturated carbocycles. The van der Waals surface area contributed by atoms with Crippen molar-refractivity contribution < 1.29 is 9.53 Å². The monoisotopic (exact) mass is 343 g/mol. The summed E-state index contributed by atoms with van der Waals surface area (Å²) in [7, 11) is 1.59. The molecule has 0 aromatic heterocycles. The molecular weight excluding hydrogens is 313 g/mol. The molecule has 7 heteroatoms. The Morgan fingerprint density at radius 2 is 2.00 bits per heavy atom. The van der Waals surface area contributed by atoms with Crippen LogP contribution in [0.15, 0.2) is 0 Å². The summed E-state index contributed by atoms with van der Waals surface area (Å²) in [5.74, 6) is 0.905. The molecule has 1 aliphatic rings. The first kappa shape index (κ1) is 23.2. The number of amides is 1. The van der Waals surface area contributed by atoms with Crippen molar-refractivity contribution in [3.05, 3.63) is 0 Å². The number of carbonyl (C=O) groups is 1. The Balaban J connectivity index is 0. The molecule has 21 heavy (non-hydrogen) atoms. The molecule has 0 aromatic rings. The SMILES string of the molecule is COC(CN)CC(=O)NCCCN1CCC(C)CC1.Cl.Cl. The van der Waals surface area contributed by atoms with E-state index < -0.39 is 0 Å². The van der Waals surface area contributed by atoms with Crippen LogP contribution in [-0.2, 0) is 9.53 Å². The second-order valence-corrected chi connectivity index (χ2v) is 5.53. The summed E-state index contributed by atoms with van der Waals surface area (Å²) < 4.78 is 5.09. The van der Waals surface area contributed by atoms with E-state index >= 15 is 0 Å². The van der Waals surface area contributed by atoms with Gasteiger partial charge in [-0.3, -0.25) is 4.79 Å². The van der Waals surface area contributed by atoms with Crippen LogP contribution >= 0.6 is 24.8 Å². The van der Waals surface area contributed by atoms with Crippen molar-refractivity contribution in [1.29, 1.82) is 0 Å². The van der Waals surface area contributed by atoms with Crippen molar-refractivity contribution in [2.24, 2.45) is 11.7 Å². The third-order valence-electron chi connectivity index (χ3n) is 3.86. The minimum Gasteiger partial charge on any atom is -0.380 e. The van der Waals surface area contributed by atoms with Crippen molar-refractivity contribution in [1.82, 2.24) is 10.2 Å². The Labute approximate surface area is 141 Å². The summed E-state index contributed by atoms with van der Waals surface area (Å²) >= 11 is 0. The molecule has 1 rings (SSSR count). The van der Waals surface area contributed by atoms with Crippen LogP contribution in [0.25, 0.3) is 0 Å². The van der Waals surface area contributed by atoms with E-state index in [1.54, 1.807) is 7.11 Å². The lowest BCUT2D eigenvalue weighted by Gasteiger charge is -2.30. The molecule has 1 atom stereocenters. The number of piperidine rings is 1. The maximum atomic E-state index is 11.6. The topological polar surface area (TPSA) is 67.6 Å². The fourth-order valence-electron chi connectivity index (χ4n) is 2.36. The Hall–Kier alpha value is -0.0700. The zero-order chi connectivity index (χ0) is 14.1. The molecule has 0 radical (unpaired) electrons. The van der Waals surface area contributed by atoms with E-state index in [1.807, 2.05) is 0 Å². The molecule has 1 amide bonds. The molecular formula is C14H31Cl2N3O2. The zero-order valence-electron chi connectivity index (χ0n) is 13.2. The van der Waals surface area contributed by atoms with Gasteiger partial charge in [0, 0.05) is 20.2 Å². The average molecular weight is 344 g/mol. The van der Waals surface area contributed by atoms with Gasteiger partial charge in [0.25, 0.3) is 0 Å². The van der Waals surface area contributed by atoms with E-state index in [0.717, 1.165) is 25.4 Å². The van der Waals surface area contributed by atoms with Gasteiger partial charge in [0.05, 0.1) is 12.5 Å². The number of halogens is 2. The first-order chi connectivity index (χ1) is 9.15. The van der Waals surface area contributed by atoms with Crippen LogP contribution in [-0.4, -0.2) is 56.7 Å². The van der Waals surface area contributed by atoms with Crippen LogP contribution in [0.4, 0.5) is 0 Å². The summed E-state index contributed by atoms with van der Waals surface area (Å²) in [6, 6.07) is 0. The Kier molecular flexibility index (Phi) is 15.0. The Morgan fingerprint density at radius 1 is 1.38 bits per heavy atom. The van der Waals surface area contributed by atoms with Gasteiger partial charge in [-0.15, -0.1) is 24.8 Å². The van der Waals surface area contributed by atoms with Gasteiger partial charge in [-0.1, -0.05) is 6.92 Å². The first-order valence-electron chi connectivity index (χ1n) is 7.37. The fourth-order valence-corrected chi connectivity index (χ4v) is 2.36. The molecule has 1 unspecified atom stereocenters. The van der Waals surface area contributed by atoms with E-state index in [2.05, 4.69) is 17.1 Å². The lowest BCUT2D eigenvalue weighted by Crippen LogP contribution is -2.36. The molecule has 5 nitrogen and oxygen atoms in total. The van der Waals surface area contributed by atoms with Gasteiger partial charge in [-0.2, -0.15) is 0 Å². The second-order valence-electron chi connectivity index (χ2n) is 5.53. The van der Waals surface area contributed by atoms with Crippen LogP contribution in [0, 0.1) is 5.92 Å². The molecule has 0 aromatic carbocycles. The third-order valence-corrected chi connectivity index (χ3v) is 3.86. The standard InChI is InChI=1S/C14H29N3O2.2ClH/c1-12-4-8-17(9-5-12)7-3-6-16-14(18)10-13(11-15)19-2;;/h12-13H,3-11,15H2,1-2H3,(H,16,18);2*1H. The molecule has 1 saturated heterocycles. The lowest BCUT2D eigenvalue weighted by molar-refractivity contribution is -0.123. The van der Waals surface area contributed by atoms with Gasteiger partial charge in [-0.25, -0.2) is 0 Å². The number of hydrogen-bond donors (Lipinski definition) is 2. The lowest BCUT2D eigenvalue weighted by atomic mass is 9.99. The van der Waals surface area contributed by atoms with E-state index in [9.17, 15) is 4.79 Å². The molecule has 128 valence electrons. The minimum absolute atomic E-state index is 0. The first-order valence-corrected chi connectivity index (χ1v) is 7.37. The highest BCUT2D eigenvalue weighted by atomic mass is 35.5. The number of ether oxygens (including phenoxy) is 1. The second kappa shape index (κ2) is 13.6. The summed E-state index contributed by atoms with van der Waals surface area (Å²) in [6.45, 7) is 6.93. The van der Waals surface area contributed by atoms with Gasteiger partial charge in [0.2, 0.25) is 5.91 Å². The molecule has 0 aliphatic carbocycles. The van der Waals surface area contributed by atoms with Gasteiger partial charge in [-0.05, 0) is 44.8 Å². The Morgan fingerprint density at radius 3 is 2.52 bits per heavy atom. The fraction of sp³-hybridized carbons (Fsp3) is 0.929. The van der Waals surface area contributed by atoms with Crippen LogP contribution < -0.4 is 11.1 Å². The van der Waals surface area contributed by atoms with Crippen LogP contribution in [0.5, 0.6) is 0 Å². The molecule has 3 N–H and O–H groups in total. The average Bonchev–Trinajstić information content (AvgIpc) is 2.43. The number of carbonyl (C=O) groups excluding carboxylic acids is 1. The summed E-state index contributed by atoms with van der Waals surface area (Å²) in [4.78, 5) is 14.1. The highest BCUT2D eigenvalue weighted by Crippen LogP contribution is 2.15. The largest absolute Gasteiger partial charge is 0.380 e. The Bertz CT molecular complexity index is 259. The van der Waals surface area contributed by atoms with E-state index in [0.29, 0.717) is 13.0 Å². The molecule has 1 heterocycles. The van der Waals surface area contributed by atoms with Crippen molar-refractivity contribution >= 4 is 30.7 Å². The molecule has 1 aliphatic heterocycles. The zero-order valence-corrected chi connectivity index (χ0v) is 14.8. The van der Waals surface area contributed by atoms with Crippen molar-refractivity contribution in [3.63, 3.8) is 0 Å². The predicted octanol–water partition coefficient (Wildman–Crippen LogP) is 1.43. The van der Waals surface area contributed by atoms with Crippen molar-refractivity contribution in [2.75, 3.05) is 39.8 Å². The van der Waals surface area contributed by atoms with E-state index in [1.165, 1.54) is 25.9 Å². The smallest absolute Gasteiger partial charge is 0.222 e. The molecule has 0 spiro atoms. The summed E-state index contributed by atoms with van der Waals surface area (Å²) in [5.41, 5.74) is 5.48. The maximum absolute atomic E-state index is 11.6. The van der Waals surface area contributed by atoms with Crippen molar-refractivity contribution in [3.8, 4) is 0 Å². The maximum Gasteiger partial charge on any atom is 0.222 e. The van der Waals surface area contributed by atoms with Crippen molar-refractivity contribution in [2.45, 2.75) is 38.7 Å². The van der Waals surface area contributed by atoms with Gasteiger partial charge >= 0.3 is 0 Å². The summed E-state index contributed by atoms with van der Waals surface area (Å²) in [5, 5.41) is 2.93. The number of rotatable bonds is 8. The quantitative estimate of drug-likeness (QED) is 0.654.